The van der Waals surface area contributed by atoms with Gasteiger partial charge in [-0.25, -0.2) is 4.79 Å². The number of amides is 1. The SMILES string of the molecule is CCc1cccc(C)c1NC(=O)COC(=O)COc1ccccc1C(C)C. The van der Waals surface area contributed by atoms with Gasteiger partial charge < -0.3 is 14.8 Å². The van der Waals surface area contributed by atoms with E-state index in [1.54, 1.807) is 0 Å². The smallest absolute Gasteiger partial charge is 0.344 e. The minimum absolute atomic E-state index is 0.235. The summed E-state index contributed by atoms with van der Waals surface area (Å²) in [7, 11) is 0. The minimum Gasteiger partial charge on any atom is -0.482 e. The quantitative estimate of drug-likeness (QED) is 0.707. The third-order valence-electron chi connectivity index (χ3n) is 4.26. The Morgan fingerprint density at radius 1 is 1.04 bits per heavy atom. The molecule has 0 aliphatic rings. The molecule has 144 valence electrons. The number of carbonyl (C=O) groups excluding carboxylic acids is 2. The number of rotatable bonds is 8. The van der Waals surface area contributed by atoms with E-state index < -0.39 is 5.97 Å². The molecule has 0 bridgehead atoms. The van der Waals surface area contributed by atoms with Gasteiger partial charge in [0.25, 0.3) is 5.91 Å². The number of anilines is 1. The second-order valence-corrected chi connectivity index (χ2v) is 6.65. The fraction of sp³-hybridized carbons (Fsp3) is 0.364. The Bertz CT molecular complexity index is 799. The molecule has 0 unspecified atom stereocenters. The number of benzene rings is 2. The van der Waals surface area contributed by atoms with Crippen molar-refractivity contribution in [3.05, 3.63) is 59.2 Å². The van der Waals surface area contributed by atoms with Gasteiger partial charge >= 0.3 is 5.97 Å². The molecule has 0 aliphatic heterocycles. The first-order chi connectivity index (χ1) is 12.9. The van der Waals surface area contributed by atoms with Crippen LogP contribution < -0.4 is 10.1 Å². The predicted molar refractivity (Wildman–Crippen MR) is 106 cm³/mol. The zero-order valence-electron chi connectivity index (χ0n) is 16.4. The van der Waals surface area contributed by atoms with Gasteiger partial charge in [0.05, 0.1) is 0 Å². The van der Waals surface area contributed by atoms with Crippen molar-refractivity contribution in [1.82, 2.24) is 0 Å². The molecule has 0 heterocycles. The molecular weight excluding hydrogens is 342 g/mol. The molecule has 0 fully saturated rings. The Morgan fingerprint density at radius 3 is 2.48 bits per heavy atom. The number of nitrogens with one attached hydrogen (secondary N) is 1. The summed E-state index contributed by atoms with van der Waals surface area (Å²) < 4.78 is 10.6. The number of ether oxygens (including phenoxy) is 2. The summed E-state index contributed by atoms with van der Waals surface area (Å²) in [5.74, 6) is -0.00888. The van der Waals surface area contributed by atoms with Gasteiger partial charge in [-0.15, -0.1) is 0 Å². The van der Waals surface area contributed by atoms with Gasteiger partial charge in [0.15, 0.2) is 13.2 Å². The van der Waals surface area contributed by atoms with Crippen molar-refractivity contribution in [2.75, 3.05) is 18.5 Å². The maximum Gasteiger partial charge on any atom is 0.344 e. The molecule has 2 rings (SSSR count). The highest BCUT2D eigenvalue weighted by Gasteiger charge is 2.13. The fourth-order valence-electron chi connectivity index (χ4n) is 2.79. The van der Waals surface area contributed by atoms with Crippen LogP contribution in [0, 0.1) is 6.92 Å². The maximum absolute atomic E-state index is 12.1. The normalized spacial score (nSPS) is 10.6. The van der Waals surface area contributed by atoms with Crippen molar-refractivity contribution in [1.29, 1.82) is 0 Å². The number of hydrogen-bond acceptors (Lipinski definition) is 4. The number of para-hydroxylation sites is 2. The lowest BCUT2D eigenvalue weighted by molar-refractivity contribution is -0.149. The van der Waals surface area contributed by atoms with E-state index in [2.05, 4.69) is 19.2 Å². The first-order valence-corrected chi connectivity index (χ1v) is 9.18. The van der Waals surface area contributed by atoms with Crippen LogP contribution in [0.1, 0.15) is 43.4 Å². The van der Waals surface area contributed by atoms with Crippen molar-refractivity contribution in [3.8, 4) is 5.75 Å². The van der Waals surface area contributed by atoms with Gasteiger partial charge in [-0.1, -0.05) is 57.2 Å². The molecule has 27 heavy (non-hydrogen) atoms. The van der Waals surface area contributed by atoms with Crippen molar-refractivity contribution in [2.45, 2.75) is 40.0 Å². The zero-order chi connectivity index (χ0) is 19.8. The number of carbonyl (C=O) groups is 2. The van der Waals surface area contributed by atoms with Gasteiger partial charge in [-0.05, 0) is 42.0 Å². The van der Waals surface area contributed by atoms with Crippen LogP contribution in [0.3, 0.4) is 0 Å². The standard InChI is InChI=1S/C22H27NO4/c1-5-17-10-8-9-16(4)22(17)23-20(24)13-27-21(25)14-26-19-12-7-6-11-18(19)15(2)3/h6-12,15H,5,13-14H2,1-4H3,(H,23,24). The fourth-order valence-corrected chi connectivity index (χ4v) is 2.79. The summed E-state index contributed by atoms with van der Waals surface area (Å²) in [6.45, 7) is 7.49. The largest absolute Gasteiger partial charge is 0.482 e. The first kappa shape index (κ1) is 20.5. The Kier molecular flexibility index (Phi) is 7.41. The lowest BCUT2D eigenvalue weighted by Gasteiger charge is -2.14. The molecule has 0 radical (unpaired) electrons. The van der Waals surface area contributed by atoms with Gasteiger partial charge in [0, 0.05) is 5.69 Å². The molecule has 2 aromatic rings. The van der Waals surface area contributed by atoms with Crippen molar-refractivity contribution in [2.24, 2.45) is 0 Å². The van der Waals surface area contributed by atoms with E-state index in [9.17, 15) is 9.59 Å². The average molecular weight is 369 g/mol. The Balaban J connectivity index is 1.85. The highest BCUT2D eigenvalue weighted by molar-refractivity contribution is 5.94. The molecule has 0 spiro atoms. The van der Waals surface area contributed by atoms with Gasteiger partial charge in [-0.2, -0.15) is 0 Å². The molecular formula is C22H27NO4. The average Bonchev–Trinajstić information content (AvgIpc) is 2.66. The zero-order valence-corrected chi connectivity index (χ0v) is 16.4. The lowest BCUT2D eigenvalue weighted by Crippen LogP contribution is -2.24. The number of hydrogen-bond donors (Lipinski definition) is 1. The summed E-state index contributed by atoms with van der Waals surface area (Å²) in [5.41, 5.74) is 3.82. The van der Waals surface area contributed by atoms with E-state index in [1.165, 1.54) is 0 Å². The van der Waals surface area contributed by atoms with Crippen LogP contribution in [0.25, 0.3) is 0 Å². The Morgan fingerprint density at radius 2 is 1.78 bits per heavy atom. The van der Waals surface area contributed by atoms with Gasteiger partial charge in [0.2, 0.25) is 0 Å². The van der Waals surface area contributed by atoms with E-state index >= 15 is 0 Å². The number of esters is 1. The van der Waals surface area contributed by atoms with Crippen molar-refractivity contribution < 1.29 is 19.1 Å². The van der Waals surface area contributed by atoms with Crippen LogP contribution in [0.5, 0.6) is 5.75 Å². The van der Waals surface area contributed by atoms with Gasteiger partial charge in [-0.3, -0.25) is 4.79 Å². The van der Waals surface area contributed by atoms with Crippen LogP contribution in [0.2, 0.25) is 0 Å². The number of aryl methyl sites for hydroxylation is 2. The molecule has 1 amide bonds. The Hall–Kier alpha value is -2.82. The summed E-state index contributed by atoms with van der Waals surface area (Å²) >= 11 is 0. The second kappa shape index (κ2) is 9.76. The Labute approximate surface area is 160 Å². The van der Waals surface area contributed by atoms with Crippen LogP contribution in [0.4, 0.5) is 5.69 Å². The van der Waals surface area contributed by atoms with Crippen LogP contribution in [-0.2, 0) is 20.7 Å². The molecule has 0 saturated carbocycles. The minimum atomic E-state index is -0.579. The molecule has 5 nitrogen and oxygen atoms in total. The van der Waals surface area contributed by atoms with E-state index in [4.69, 9.17) is 9.47 Å². The van der Waals surface area contributed by atoms with Crippen molar-refractivity contribution >= 4 is 17.6 Å². The molecule has 0 saturated heterocycles. The summed E-state index contributed by atoms with van der Waals surface area (Å²) in [5, 5.41) is 2.83. The molecule has 1 N–H and O–H groups in total. The highest BCUT2D eigenvalue weighted by Crippen LogP contribution is 2.25. The van der Waals surface area contributed by atoms with Crippen LogP contribution in [-0.4, -0.2) is 25.1 Å². The van der Waals surface area contributed by atoms with E-state index in [0.29, 0.717) is 5.75 Å². The molecule has 0 aromatic heterocycles. The topological polar surface area (TPSA) is 64.6 Å². The summed E-state index contributed by atoms with van der Waals surface area (Å²) in [6, 6.07) is 13.4. The van der Waals surface area contributed by atoms with Crippen LogP contribution in [0.15, 0.2) is 42.5 Å². The lowest BCUT2D eigenvalue weighted by atomic mass is 10.0. The van der Waals surface area contributed by atoms with Crippen LogP contribution >= 0.6 is 0 Å². The summed E-state index contributed by atoms with van der Waals surface area (Å²) in [6.07, 6.45) is 0.806. The first-order valence-electron chi connectivity index (χ1n) is 9.18. The van der Waals surface area contributed by atoms with Gasteiger partial charge in [0.1, 0.15) is 5.75 Å². The maximum atomic E-state index is 12.1. The van der Waals surface area contributed by atoms with Crippen molar-refractivity contribution in [3.63, 3.8) is 0 Å². The predicted octanol–water partition coefficient (Wildman–Crippen LogP) is 4.24. The molecule has 0 atom stereocenters. The summed E-state index contributed by atoms with van der Waals surface area (Å²) in [4.78, 5) is 24.0. The van der Waals surface area contributed by atoms with E-state index in [1.807, 2.05) is 56.3 Å². The van der Waals surface area contributed by atoms with E-state index in [-0.39, 0.29) is 25.0 Å². The molecule has 0 aliphatic carbocycles. The third-order valence-corrected chi connectivity index (χ3v) is 4.26. The monoisotopic (exact) mass is 369 g/mol. The molecule has 2 aromatic carbocycles. The third kappa shape index (κ3) is 5.84. The second-order valence-electron chi connectivity index (χ2n) is 6.65. The highest BCUT2D eigenvalue weighted by atomic mass is 16.6. The van der Waals surface area contributed by atoms with E-state index in [0.717, 1.165) is 28.8 Å². The molecule has 5 heteroatoms.